The lowest BCUT2D eigenvalue weighted by Gasteiger charge is -2.28. The van der Waals surface area contributed by atoms with Crippen molar-refractivity contribution in [2.75, 3.05) is 0 Å². The number of halogens is 4. The van der Waals surface area contributed by atoms with E-state index < -0.39 is 17.7 Å². The summed E-state index contributed by atoms with van der Waals surface area (Å²) in [4.78, 5) is 0. The summed E-state index contributed by atoms with van der Waals surface area (Å²) in [6.07, 6.45) is 5.06. The molecule has 1 aliphatic carbocycles. The molecule has 3 N–H and O–H groups in total. The van der Waals surface area contributed by atoms with E-state index in [4.69, 9.17) is 5.73 Å². The van der Waals surface area contributed by atoms with Crippen LogP contribution in [0.5, 0.6) is 5.75 Å². The zero-order chi connectivity index (χ0) is 13.3. The maximum Gasteiger partial charge on any atom is 0.167 e. The van der Waals surface area contributed by atoms with Crippen molar-refractivity contribution in [2.45, 2.75) is 38.1 Å². The molecule has 0 amide bonds. The minimum Gasteiger partial charge on any atom is -0.506 e. The molecule has 0 aliphatic heterocycles. The Bertz CT molecular complexity index is 427. The molecule has 19 heavy (non-hydrogen) atoms. The molecule has 1 aliphatic rings. The maximum atomic E-state index is 13.8. The molecule has 1 aromatic rings. The van der Waals surface area contributed by atoms with Crippen LogP contribution in [0.4, 0.5) is 8.78 Å². The third-order valence-corrected chi connectivity index (χ3v) is 4.28. The summed E-state index contributed by atoms with van der Waals surface area (Å²) in [5, 5.41) is 9.87. The van der Waals surface area contributed by atoms with Gasteiger partial charge in [-0.3, -0.25) is 0 Å². The van der Waals surface area contributed by atoms with Gasteiger partial charge in [-0.25, -0.2) is 8.78 Å². The van der Waals surface area contributed by atoms with Crippen LogP contribution in [0.15, 0.2) is 10.5 Å². The van der Waals surface area contributed by atoms with Crippen molar-refractivity contribution < 1.29 is 13.9 Å². The molecule has 0 radical (unpaired) electrons. The average molecular weight is 357 g/mol. The number of hydrogen-bond donors (Lipinski definition) is 2. The van der Waals surface area contributed by atoms with Crippen LogP contribution < -0.4 is 5.73 Å². The summed E-state index contributed by atoms with van der Waals surface area (Å²) in [6.45, 7) is 0. The molecule has 0 spiro atoms. The van der Waals surface area contributed by atoms with E-state index >= 15 is 0 Å². The summed E-state index contributed by atoms with van der Waals surface area (Å²) in [5.41, 5.74) is 5.92. The number of aromatic hydroxyl groups is 1. The zero-order valence-corrected chi connectivity index (χ0v) is 12.7. The Morgan fingerprint density at radius 1 is 1.26 bits per heavy atom. The lowest BCUT2D eigenvalue weighted by atomic mass is 9.81. The van der Waals surface area contributed by atoms with E-state index in [2.05, 4.69) is 15.9 Å². The zero-order valence-electron chi connectivity index (χ0n) is 10.3. The van der Waals surface area contributed by atoms with Crippen molar-refractivity contribution in [3.8, 4) is 5.75 Å². The van der Waals surface area contributed by atoms with Gasteiger partial charge in [-0.05, 0) is 40.8 Å². The molecule has 1 saturated carbocycles. The van der Waals surface area contributed by atoms with E-state index in [1.54, 1.807) is 0 Å². The number of rotatable bonds is 2. The van der Waals surface area contributed by atoms with Crippen molar-refractivity contribution in [1.82, 2.24) is 0 Å². The maximum absolute atomic E-state index is 13.8. The Hall–Kier alpha value is -0.390. The number of phenolic OH excluding ortho intramolecular Hbond substituents is 1. The average Bonchev–Trinajstić information content (AvgIpc) is 2.37. The lowest BCUT2D eigenvalue weighted by molar-refractivity contribution is 0.294. The van der Waals surface area contributed by atoms with Gasteiger partial charge in [0.1, 0.15) is 5.75 Å². The second kappa shape index (κ2) is 6.86. The van der Waals surface area contributed by atoms with E-state index in [0.717, 1.165) is 38.2 Å². The summed E-state index contributed by atoms with van der Waals surface area (Å²) < 4.78 is 27.3. The highest BCUT2D eigenvalue weighted by Crippen LogP contribution is 2.41. The molecule has 6 heteroatoms. The predicted octanol–water partition coefficient (Wildman–Crippen LogP) is 4.43. The summed E-state index contributed by atoms with van der Waals surface area (Å²) in [6, 6.07) is 0.263. The van der Waals surface area contributed by atoms with E-state index in [9.17, 15) is 13.9 Å². The lowest BCUT2D eigenvalue weighted by Crippen LogP contribution is -2.25. The predicted molar refractivity (Wildman–Crippen MR) is 76.5 cm³/mol. The van der Waals surface area contributed by atoms with Gasteiger partial charge in [0.2, 0.25) is 0 Å². The minimum absolute atomic E-state index is 0. The van der Waals surface area contributed by atoms with Gasteiger partial charge in [-0.1, -0.05) is 19.3 Å². The molecule has 1 aromatic carbocycles. The van der Waals surface area contributed by atoms with Crippen LogP contribution >= 0.6 is 28.3 Å². The number of benzene rings is 1. The van der Waals surface area contributed by atoms with E-state index in [1.807, 2.05) is 0 Å². The normalized spacial score (nSPS) is 17.9. The molecule has 2 nitrogen and oxygen atoms in total. The summed E-state index contributed by atoms with van der Waals surface area (Å²) in [5.74, 6) is -2.20. The van der Waals surface area contributed by atoms with Crippen molar-refractivity contribution in [3.63, 3.8) is 0 Å². The van der Waals surface area contributed by atoms with Gasteiger partial charge in [0, 0.05) is 6.04 Å². The molecule has 1 atom stereocenters. The first-order valence-corrected chi connectivity index (χ1v) is 6.93. The van der Waals surface area contributed by atoms with Crippen LogP contribution in [0.3, 0.4) is 0 Å². The minimum atomic E-state index is -1.03. The second-order valence-corrected chi connectivity index (χ2v) is 5.69. The van der Waals surface area contributed by atoms with Crippen molar-refractivity contribution in [2.24, 2.45) is 11.7 Å². The molecule has 0 unspecified atom stereocenters. The smallest absolute Gasteiger partial charge is 0.167 e. The topological polar surface area (TPSA) is 46.2 Å². The number of hydrogen-bond acceptors (Lipinski definition) is 2. The van der Waals surface area contributed by atoms with Crippen LogP contribution in [0.1, 0.15) is 43.7 Å². The number of phenols is 1. The standard InChI is InChI=1S/C13H16BrF2NO.ClH/c14-8-6-9(15)11(16)10(13(8)18)12(17)7-4-2-1-3-5-7;/h6-7,12,18H,1-5,17H2;1H/t12-;/m0./s1. The van der Waals surface area contributed by atoms with Crippen LogP contribution in [0.2, 0.25) is 0 Å². The van der Waals surface area contributed by atoms with Crippen LogP contribution in [0, 0.1) is 17.6 Å². The quantitative estimate of drug-likeness (QED) is 0.770. The van der Waals surface area contributed by atoms with Gasteiger partial charge < -0.3 is 10.8 Å². The Morgan fingerprint density at radius 3 is 2.42 bits per heavy atom. The molecule has 0 bridgehead atoms. The molecule has 1 fully saturated rings. The van der Waals surface area contributed by atoms with Gasteiger partial charge in [-0.2, -0.15) is 0 Å². The molecule has 2 rings (SSSR count). The highest BCUT2D eigenvalue weighted by atomic mass is 79.9. The summed E-state index contributed by atoms with van der Waals surface area (Å²) >= 11 is 3.01. The highest BCUT2D eigenvalue weighted by Gasteiger charge is 2.29. The third-order valence-electron chi connectivity index (χ3n) is 3.67. The monoisotopic (exact) mass is 355 g/mol. The first-order valence-electron chi connectivity index (χ1n) is 6.14. The number of nitrogens with two attached hydrogens (primary N) is 1. The molecule has 0 heterocycles. The van der Waals surface area contributed by atoms with Gasteiger partial charge in [0.05, 0.1) is 10.0 Å². The van der Waals surface area contributed by atoms with Crippen molar-refractivity contribution in [3.05, 3.63) is 27.7 Å². The van der Waals surface area contributed by atoms with Gasteiger partial charge >= 0.3 is 0 Å². The van der Waals surface area contributed by atoms with Gasteiger partial charge in [-0.15, -0.1) is 12.4 Å². The van der Waals surface area contributed by atoms with Crippen LogP contribution in [-0.4, -0.2) is 5.11 Å². The van der Waals surface area contributed by atoms with Crippen LogP contribution in [-0.2, 0) is 0 Å². The van der Waals surface area contributed by atoms with E-state index in [-0.39, 0.29) is 34.1 Å². The first-order chi connectivity index (χ1) is 8.52. The highest BCUT2D eigenvalue weighted by molar-refractivity contribution is 9.10. The Morgan fingerprint density at radius 2 is 1.84 bits per heavy atom. The molecule has 0 aromatic heterocycles. The fraction of sp³-hybridized carbons (Fsp3) is 0.538. The van der Waals surface area contributed by atoms with Crippen molar-refractivity contribution in [1.29, 1.82) is 0 Å². The fourth-order valence-electron chi connectivity index (χ4n) is 2.64. The second-order valence-electron chi connectivity index (χ2n) is 4.84. The Kier molecular flexibility index (Phi) is 6.02. The molecular formula is C13H17BrClF2NO. The van der Waals surface area contributed by atoms with E-state index in [0.29, 0.717) is 0 Å². The van der Waals surface area contributed by atoms with Gasteiger partial charge in [0.25, 0.3) is 0 Å². The summed E-state index contributed by atoms with van der Waals surface area (Å²) in [7, 11) is 0. The van der Waals surface area contributed by atoms with E-state index in [1.165, 1.54) is 0 Å². The van der Waals surface area contributed by atoms with Crippen LogP contribution in [0.25, 0.3) is 0 Å². The molecule has 0 saturated heterocycles. The van der Waals surface area contributed by atoms with Gasteiger partial charge in [0.15, 0.2) is 11.6 Å². The Balaban J connectivity index is 0.00000180. The molecule has 108 valence electrons. The van der Waals surface area contributed by atoms with Crippen molar-refractivity contribution >= 4 is 28.3 Å². The first kappa shape index (κ1) is 16.7. The Labute approximate surface area is 125 Å². The largest absolute Gasteiger partial charge is 0.506 e. The third kappa shape index (κ3) is 3.38. The fourth-order valence-corrected chi connectivity index (χ4v) is 3.05. The SMILES string of the molecule is Cl.N[C@H](c1c(O)c(Br)cc(F)c1F)C1CCCCC1. The molecular weight excluding hydrogens is 340 g/mol.